The Bertz CT molecular complexity index is 1230. The fourth-order valence-electron chi connectivity index (χ4n) is 4.43. The van der Waals surface area contributed by atoms with E-state index >= 15 is 0 Å². The van der Waals surface area contributed by atoms with Crippen LogP contribution in [0, 0.1) is 0 Å². The van der Waals surface area contributed by atoms with Crippen molar-refractivity contribution in [1.29, 1.82) is 0 Å². The molecule has 1 aromatic carbocycles. The molecule has 5 rings (SSSR count). The number of benzene rings is 1. The molecule has 0 aliphatic carbocycles. The van der Waals surface area contributed by atoms with E-state index in [4.69, 9.17) is 0 Å². The zero-order valence-corrected chi connectivity index (χ0v) is 23.8. The maximum atomic E-state index is 11.3. The van der Waals surface area contributed by atoms with Gasteiger partial charge in [0.05, 0.1) is 6.10 Å². The van der Waals surface area contributed by atoms with Crippen LogP contribution in [0.4, 0.5) is 0 Å². The predicted molar refractivity (Wildman–Crippen MR) is 164 cm³/mol. The summed E-state index contributed by atoms with van der Waals surface area (Å²) in [7, 11) is 0. The summed E-state index contributed by atoms with van der Waals surface area (Å²) in [5, 5.41) is 28.7. The van der Waals surface area contributed by atoms with Crippen molar-refractivity contribution in [2.45, 2.75) is 19.1 Å². The van der Waals surface area contributed by atoms with Crippen LogP contribution in [-0.2, 0) is 0 Å². The van der Waals surface area contributed by atoms with Gasteiger partial charge < -0.3 is 5.11 Å². The van der Waals surface area contributed by atoms with Crippen LogP contribution in [0.1, 0.15) is 40.8 Å². The van der Waals surface area contributed by atoms with E-state index in [1.54, 1.807) is 45.3 Å². The number of hydrogen-bond donors (Lipinski definition) is 1. The summed E-state index contributed by atoms with van der Waals surface area (Å²) < 4.78 is 0. The second kappa shape index (κ2) is 12.8. The van der Waals surface area contributed by atoms with Crippen LogP contribution in [0.2, 0.25) is 0 Å². The molecule has 2 unspecified atom stereocenters. The molecule has 0 amide bonds. The average Bonchev–Trinajstić information content (AvgIpc) is 3.76. The van der Waals surface area contributed by atoms with Crippen LogP contribution in [0.25, 0.3) is 11.1 Å². The van der Waals surface area contributed by atoms with Crippen molar-refractivity contribution in [2.24, 2.45) is 0 Å². The first kappa shape index (κ1) is 26.0. The minimum atomic E-state index is -0.584. The Hall–Kier alpha value is -2.58. The summed E-state index contributed by atoms with van der Waals surface area (Å²) >= 11 is 6.88. The van der Waals surface area contributed by atoms with Crippen molar-refractivity contribution in [3.8, 4) is 0 Å². The van der Waals surface area contributed by atoms with E-state index in [-0.39, 0.29) is 6.04 Å². The minimum Gasteiger partial charge on any atom is -0.387 e. The second-order valence-electron chi connectivity index (χ2n) is 8.83. The monoisotopic (exact) mass is 559 g/mol. The highest BCUT2D eigenvalue weighted by Gasteiger charge is 2.23. The first-order valence-electron chi connectivity index (χ1n) is 12.2. The van der Waals surface area contributed by atoms with E-state index in [0.29, 0.717) is 0 Å². The van der Waals surface area contributed by atoms with Crippen LogP contribution in [0.5, 0.6) is 0 Å². The van der Waals surface area contributed by atoms with Crippen LogP contribution in [-0.4, -0.2) is 29.1 Å². The van der Waals surface area contributed by atoms with Gasteiger partial charge in [-0.1, -0.05) is 42.5 Å². The zero-order valence-electron chi connectivity index (χ0n) is 20.6. The van der Waals surface area contributed by atoms with E-state index < -0.39 is 6.10 Å². The molecule has 2 atom stereocenters. The highest BCUT2D eigenvalue weighted by molar-refractivity contribution is 7.09. The Morgan fingerprint density at radius 1 is 0.676 bits per heavy atom. The molecule has 0 radical (unpaired) electrons. The van der Waals surface area contributed by atoms with Crippen LogP contribution in [0.3, 0.4) is 0 Å². The van der Waals surface area contributed by atoms with Gasteiger partial charge in [-0.2, -0.15) is 45.3 Å². The van der Waals surface area contributed by atoms with Gasteiger partial charge in [0.2, 0.25) is 0 Å². The fraction of sp³-hybridized carbons (Fsp3) is 0.161. The lowest BCUT2D eigenvalue weighted by Gasteiger charge is -2.31. The Morgan fingerprint density at radius 2 is 1.08 bits per heavy atom. The summed E-state index contributed by atoms with van der Waals surface area (Å²) in [5.74, 6) is 0. The molecular weight excluding hydrogens is 531 g/mol. The molecule has 0 aliphatic heterocycles. The molecular formula is C31H29NOS4. The zero-order chi connectivity index (χ0) is 25.5. The van der Waals surface area contributed by atoms with Crippen LogP contribution >= 0.6 is 45.3 Å². The van der Waals surface area contributed by atoms with Crippen molar-refractivity contribution >= 4 is 56.5 Å². The van der Waals surface area contributed by atoms with Gasteiger partial charge in [-0.05, 0) is 113 Å². The molecule has 1 N–H and O–H groups in total. The van der Waals surface area contributed by atoms with Gasteiger partial charge in [-0.3, -0.25) is 4.90 Å². The number of hydrogen-bond acceptors (Lipinski definition) is 6. The maximum Gasteiger partial charge on any atom is 0.0942 e. The van der Waals surface area contributed by atoms with Crippen molar-refractivity contribution in [1.82, 2.24) is 4.90 Å². The maximum absolute atomic E-state index is 11.3. The van der Waals surface area contributed by atoms with E-state index in [9.17, 15) is 5.11 Å². The molecule has 2 nitrogen and oxygen atoms in total. The number of thiophene rings is 4. The minimum absolute atomic E-state index is 0.0766. The lowest BCUT2D eigenvalue weighted by molar-refractivity contribution is 0.0709. The third kappa shape index (κ3) is 6.47. The van der Waals surface area contributed by atoms with Gasteiger partial charge in [0, 0.05) is 19.1 Å². The first-order valence-corrected chi connectivity index (χ1v) is 16.0. The molecule has 6 heteroatoms. The van der Waals surface area contributed by atoms with Gasteiger partial charge in [-0.25, -0.2) is 0 Å². The van der Waals surface area contributed by atoms with Gasteiger partial charge in [0.1, 0.15) is 0 Å². The topological polar surface area (TPSA) is 23.5 Å². The SMILES string of the molecule is CC(C(O)c1ccccc1)N(CC=C(c1ccsc1)c1ccsc1)CC=C(c1ccsc1)c1ccsc1. The fourth-order valence-corrected chi connectivity index (χ4v) is 7.05. The van der Waals surface area contributed by atoms with Crippen molar-refractivity contribution in [3.05, 3.63) is 138 Å². The Labute approximate surface area is 235 Å². The van der Waals surface area contributed by atoms with E-state index in [2.05, 4.69) is 91.3 Å². The molecule has 0 bridgehead atoms. The largest absolute Gasteiger partial charge is 0.387 e. The van der Waals surface area contributed by atoms with Gasteiger partial charge in [0.25, 0.3) is 0 Å². The second-order valence-corrected chi connectivity index (χ2v) is 12.0. The summed E-state index contributed by atoms with van der Waals surface area (Å²) in [6, 6.07) is 18.7. The smallest absolute Gasteiger partial charge is 0.0942 e. The lowest BCUT2D eigenvalue weighted by atomic mass is 9.99. The first-order chi connectivity index (χ1) is 18.2. The Kier molecular flexibility index (Phi) is 9.00. The predicted octanol–water partition coefficient (Wildman–Crippen LogP) is 8.92. The highest BCUT2D eigenvalue weighted by atomic mass is 32.1. The summed E-state index contributed by atoms with van der Waals surface area (Å²) in [4.78, 5) is 2.37. The molecule has 0 saturated heterocycles. The number of rotatable bonds is 11. The third-order valence-electron chi connectivity index (χ3n) is 6.56. The normalized spacial score (nSPS) is 12.8. The molecule has 0 spiro atoms. The molecule has 4 aromatic heterocycles. The summed E-state index contributed by atoms with van der Waals surface area (Å²) in [5.41, 5.74) is 8.40. The van der Waals surface area contributed by atoms with Crippen LogP contribution < -0.4 is 0 Å². The van der Waals surface area contributed by atoms with Crippen LogP contribution in [0.15, 0.2) is 110 Å². The summed E-state index contributed by atoms with van der Waals surface area (Å²) in [6.45, 7) is 3.58. The van der Waals surface area contributed by atoms with E-state index in [1.165, 1.54) is 33.4 Å². The highest BCUT2D eigenvalue weighted by Crippen LogP contribution is 2.30. The molecule has 0 aliphatic rings. The molecule has 37 heavy (non-hydrogen) atoms. The van der Waals surface area contributed by atoms with Crippen molar-refractivity contribution in [3.63, 3.8) is 0 Å². The molecule has 0 saturated carbocycles. The van der Waals surface area contributed by atoms with Crippen molar-refractivity contribution < 1.29 is 5.11 Å². The standard InChI is InChI=1S/C31H29NOS4/c1-23(31(33)24-5-3-2-4-6-24)32(13-7-29(25-9-15-34-19-25)26-10-16-35-20-26)14-8-30(27-11-17-36-21-27)28-12-18-37-22-28/h2-12,15-23,31,33H,13-14H2,1H3. The lowest BCUT2D eigenvalue weighted by Crippen LogP contribution is -2.38. The van der Waals surface area contributed by atoms with Gasteiger partial charge >= 0.3 is 0 Å². The third-order valence-corrected chi connectivity index (χ3v) is 9.30. The van der Waals surface area contributed by atoms with Gasteiger partial charge in [0.15, 0.2) is 0 Å². The molecule has 4 heterocycles. The summed E-state index contributed by atoms with van der Waals surface area (Å²) in [6.07, 6.45) is 4.06. The van der Waals surface area contributed by atoms with E-state index in [1.807, 2.05) is 30.3 Å². The van der Waals surface area contributed by atoms with E-state index in [0.717, 1.165) is 18.7 Å². The molecule has 188 valence electrons. The average molecular weight is 560 g/mol. The van der Waals surface area contributed by atoms with Gasteiger partial charge in [-0.15, -0.1) is 0 Å². The van der Waals surface area contributed by atoms with Crippen molar-refractivity contribution in [2.75, 3.05) is 13.1 Å². The number of aliphatic hydroxyl groups is 1. The molecule has 5 aromatic rings. The quantitative estimate of drug-likeness (QED) is 0.175. The molecule has 0 fully saturated rings. The number of aliphatic hydroxyl groups excluding tert-OH is 1. The number of nitrogens with zero attached hydrogens (tertiary/aromatic N) is 1. The Balaban J connectivity index is 1.48. The Morgan fingerprint density at radius 3 is 1.43 bits per heavy atom.